The van der Waals surface area contributed by atoms with Gasteiger partial charge in [0.05, 0.1) is 5.69 Å². The Bertz CT molecular complexity index is 225. The van der Waals surface area contributed by atoms with E-state index < -0.39 is 0 Å². The Kier molecular flexibility index (Phi) is 4.73. The number of nitrogens with two attached hydrogens (primary N) is 1. The zero-order chi connectivity index (χ0) is 8.69. The van der Waals surface area contributed by atoms with Gasteiger partial charge in [0.2, 0.25) is 0 Å². The first kappa shape index (κ1) is 9.62. The van der Waals surface area contributed by atoms with E-state index in [2.05, 4.69) is 5.11 Å². The minimum Gasteiger partial charge on any atom is -0.397 e. The van der Waals surface area contributed by atoms with Gasteiger partial charge in [-0.3, -0.25) is 0 Å². The number of hydrogen-bond donors (Lipinski definition) is 2. The molecule has 0 heterocycles. The fraction of sp³-hybridized carbons (Fsp3) is 0.250. The first-order valence-electron chi connectivity index (χ1n) is 3.56. The Morgan fingerprint density at radius 1 is 1.36 bits per heavy atom. The van der Waals surface area contributed by atoms with Crippen molar-refractivity contribution in [1.29, 1.82) is 5.53 Å². The molecular weight excluding hydrogens is 138 g/mol. The SMILES string of the molecule is CC.N=Nc1ccccc1N.[HH]. The summed E-state index contributed by atoms with van der Waals surface area (Å²) in [7, 11) is 0. The Morgan fingerprint density at radius 2 is 1.91 bits per heavy atom. The lowest BCUT2D eigenvalue weighted by molar-refractivity contribution is 1.15. The third kappa shape index (κ3) is 2.80. The number of nitrogens with one attached hydrogen (secondary N) is 1. The van der Waals surface area contributed by atoms with Crippen LogP contribution in [0.1, 0.15) is 15.3 Å². The molecule has 3 heteroatoms. The maximum Gasteiger partial charge on any atom is 0.108 e. The van der Waals surface area contributed by atoms with Gasteiger partial charge in [-0.05, 0) is 12.1 Å². The van der Waals surface area contributed by atoms with Gasteiger partial charge in [0.15, 0.2) is 0 Å². The van der Waals surface area contributed by atoms with Gasteiger partial charge in [0.1, 0.15) is 5.69 Å². The maximum atomic E-state index is 6.63. The number of nitrogen functional groups attached to an aromatic ring is 1. The van der Waals surface area contributed by atoms with E-state index in [9.17, 15) is 0 Å². The summed E-state index contributed by atoms with van der Waals surface area (Å²) in [5, 5.41) is 3.20. The summed E-state index contributed by atoms with van der Waals surface area (Å²) in [4.78, 5) is 0. The lowest BCUT2D eigenvalue weighted by Crippen LogP contribution is -1.82. The Hall–Kier alpha value is -1.38. The summed E-state index contributed by atoms with van der Waals surface area (Å²) < 4.78 is 0. The zero-order valence-electron chi connectivity index (χ0n) is 6.83. The van der Waals surface area contributed by atoms with Crippen molar-refractivity contribution in [3.8, 4) is 0 Å². The van der Waals surface area contributed by atoms with Crippen LogP contribution in [0.25, 0.3) is 0 Å². The molecular formula is C8H15N3. The lowest BCUT2D eigenvalue weighted by Gasteiger charge is -1.93. The number of benzene rings is 1. The number of nitrogens with zero attached hydrogens (tertiary/aromatic N) is 1. The van der Waals surface area contributed by atoms with Crippen LogP contribution in [-0.2, 0) is 0 Å². The van der Waals surface area contributed by atoms with E-state index in [1.165, 1.54) is 0 Å². The number of para-hydroxylation sites is 2. The fourth-order valence-electron chi connectivity index (χ4n) is 0.589. The summed E-state index contributed by atoms with van der Waals surface area (Å²) in [6.45, 7) is 4.00. The normalized spacial score (nSPS) is 7.82. The van der Waals surface area contributed by atoms with Crippen molar-refractivity contribution in [3.63, 3.8) is 0 Å². The van der Waals surface area contributed by atoms with E-state index in [0.29, 0.717) is 11.4 Å². The summed E-state index contributed by atoms with van der Waals surface area (Å²) in [6, 6.07) is 7.02. The topological polar surface area (TPSA) is 62.2 Å². The van der Waals surface area contributed by atoms with Gasteiger partial charge in [0.25, 0.3) is 0 Å². The average molecular weight is 153 g/mol. The van der Waals surface area contributed by atoms with Gasteiger partial charge < -0.3 is 5.73 Å². The van der Waals surface area contributed by atoms with Crippen molar-refractivity contribution in [3.05, 3.63) is 24.3 Å². The highest BCUT2D eigenvalue weighted by Crippen LogP contribution is 2.19. The number of hydrogen-bond acceptors (Lipinski definition) is 3. The molecule has 0 unspecified atom stereocenters. The molecule has 0 aromatic heterocycles. The van der Waals surface area contributed by atoms with Gasteiger partial charge in [-0.25, -0.2) is 5.53 Å². The largest absolute Gasteiger partial charge is 0.397 e. The van der Waals surface area contributed by atoms with Crippen LogP contribution in [-0.4, -0.2) is 0 Å². The predicted molar refractivity (Wildman–Crippen MR) is 49.1 cm³/mol. The molecule has 1 aromatic rings. The predicted octanol–water partition coefficient (Wildman–Crippen LogP) is 3.20. The van der Waals surface area contributed by atoms with Crippen molar-refractivity contribution in [1.82, 2.24) is 0 Å². The van der Waals surface area contributed by atoms with Crippen LogP contribution in [0.2, 0.25) is 0 Å². The van der Waals surface area contributed by atoms with Crippen molar-refractivity contribution in [2.45, 2.75) is 13.8 Å². The Morgan fingerprint density at radius 3 is 2.27 bits per heavy atom. The molecule has 0 aliphatic carbocycles. The van der Waals surface area contributed by atoms with Crippen LogP contribution in [0.3, 0.4) is 0 Å². The molecule has 0 aliphatic rings. The number of anilines is 1. The molecule has 3 N–H and O–H groups in total. The summed E-state index contributed by atoms with van der Waals surface area (Å²) in [5.41, 5.74) is 13.1. The van der Waals surface area contributed by atoms with E-state index in [1.54, 1.807) is 18.2 Å². The van der Waals surface area contributed by atoms with E-state index in [1.807, 2.05) is 19.9 Å². The second-order valence-corrected chi connectivity index (χ2v) is 1.67. The molecule has 3 nitrogen and oxygen atoms in total. The van der Waals surface area contributed by atoms with Crippen molar-refractivity contribution in [2.75, 3.05) is 5.73 Å². The van der Waals surface area contributed by atoms with Crippen molar-refractivity contribution >= 4 is 11.4 Å². The number of rotatable bonds is 1. The monoisotopic (exact) mass is 153 g/mol. The lowest BCUT2D eigenvalue weighted by atomic mass is 10.3. The second-order valence-electron chi connectivity index (χ2n) is 1.67. The molecule has 0 fully saturated rings. The van der Waals surface area contributed by atoms with Gasteiger partial charge in [-0.2, -0.15) is 5.11 Å². The molecule has 0 amide bonds. The van der Waals surface area contributed by atoms with Crippen LogP contribution in [0.4, 0.5) is 11.4 Å². The van der Waals surface area contributed by atoms with Crippen molar-refractivity contribution in [2.24, 2.45) is 5.11 Å². The zero-order valence-corrected chi connectivity index (χ0v) is 6.83. The Labute approximate surface area is 68.2 Å². The minimum absolute atomic E-state index is 0. The minimum atomic E-state index is 0. The smallest absolute Gasteiger partial charge is 0.108 e. The van der Waals surface area contributed by atoms with Crippen LogP contribution in [0.5, 0.6) is 0 Å². The van der Waals surface area contributed by atoms with E-state index in [-0.39, 0.29) is 1.43 Å². The van der Waals surface area contributed by atoms with Crippen LogP contribution in [0, 0.1) is 5.53 Å². The third-order valence-corrected chi connectivity index (χ3v) is 1.06. The first-order chi connectivity index (χ1) is 5.34. The Balaban J connectivity index is 0. The molecule has 0 bridgehead atoms. The highest BCUT2D eigenvalue weighted by molar-refractivity contribution is 5.60. The maximum absolute atomic E-state index is 6.63. The molecule has 0 atom stereocenters. The van der Waals surface area contributed by atoms with Crippen LogP contribution in [0.15, 0.2) is 29.4 Å². The summed E-state index contributed by atoms with van der Waals surface area (Å²) in [6.07, 6.45) is 0. The highest BCUT2D eigenvalue weighted by Gasteiger charge is 1.90. The molecule has 1 aromatic carbocycles. The fourth-order valence-corrected chi connectivity index (χ4v) is 0.589. The van der Waals surface area contributed by atoms with E-state index in [0.717, 1.165) is 0 Å². The first-order valence-corrected chi connectivity index (χ1v) is 3.56. The van der Waals surface area contributed by atoms with Gasteiger partial charge >= 0.3 is 0 Å². The second kappa shape index (κ2) is 5.41. The van der Waals surface area contributed by atoms with Crippen LogP contribution < -0.4 is 5.73 Å². The highest BCUT2D eigenvalue weighted by atomic mass is 15.0. The molecule has 1 rings (SSSR count). The van der Waals surface area contributed by atoms with Gasteiger partial charge in [0, 0.05) is 1.43 Å². The molecule has 11 heavy (non-hydrogen) atoms. The van der Waals surface area contributed by atoms with Gasteiger partial charge in [-0.15, -0.1) is 0 Å². The molecule has 62 valence electrons. The van der Waals surface area contributed by atoms with Crippen molar-refractivity contribution < 1.29 is 1.43 Å². The summed E-state index contributed by atoms with van der Waals surface area (Å²) >= 11 is 0. The van der Waals surface area contributed by atoms with Crippen LogP contribution >= 0.6 is 0 Å². The molecule has 0 saturated carbocycles. The third-order valence-electron chi connectivity index (χ3n) is 1.06. The molecule has 0 radical (unpaired) electrons. The molecule has 0 saturated heterocycles. The summed E-state index contributed by atoms with van der Waals surface area (Å²) in [5.74, 6) is 0. The van der Waals surface area contributed by atoms with E-state index >= 15 is 0 Å². The molecule has 0 aliphatic heterocycles. The average Bonchev–Trinajstić information content (AvgIpc) is 2.09. The standard InChI is InChI=1S/C6H7N3.C2H6.H2/c7-5-3-1-2-4-6(5)9-8;1-2;/h1-4,8H,7H2;1-2H3;1H. The van der Waals surface area contributed by atoms with E-state index in [4.69, 9.17) is 11.3 Å². The van der Waals surface area contributed by atoms with Gasteiger partial charge in [-0.1, -0.05) is 26.0 Å². The molecule has 0 spiro atoms. The quantitative estimate of drug-likeness (QED) is 0.472.